The quantitative estimate of drug-likeness (QED) is 0.786. The third-order valence-electron chi connectivity index (χ3n) is 2.39. The number of hydrogen-bond donors (Lipinski definition) is 0. The fourth-order valence-electron chi connectivity index (χ4n) is 1.62. The first kappa shape index (κ1) is 12.6. The van der Waals surface area contributed by atoms with Crippen LogP contribution >= 0.6 is 22.9 Å². The molecule has 0 bridgehead atoms. The molecule has 0 radical (unpaired) electrons. The Hall–Kier alpha value is -0.900. The molecule has 1 aromatic heterocycles. The van der Waals surface area contributed by atoms with Gasteiger partial charge in [0.1, 0.15) is 5.01 Å². The fourth-order valence-corrected chi connectivity index (χ4v) is 2.67. The van der Waals surface area contributed by atoms with Gasteiger partial charge in [-0.2, -0.15) is 0 Å². The van der Waals surface area contributed by atoms with E-state index in [1.807, 2.05) is 5.38 Å². The largest absolute Gasteiger partial charge is 0.305 e. The van der Waals surface area contributed by atoms with Gasteiger partial charge >= 0.3 is 0 Å². The van der Waals surface area contributed by atoms with Crippen molar-refractivity contribution in [3.05, 3.63) is 40.9 Å². The van der Waals surface area contributed by atoms with Crippen LogP contribution in [0, 0.1) is 0 Å². The average Bonchev–Trinajstić information content (AvgIpc) is 2.78. The van der Waals surface area contributed by atoms with Crippen LogP contribution in [-0.2, 0) is 12.4 Å². The third kappa shape index (κ3) is 3.28. The predicted octanol–water partition coefficient (Wildman–Crippen LogP) is 3.61. The van der Waals surface area contributed by atoms with Crippen LogP contribution in [0.3, 0.4) is 0 Å². The Morgan fingerprint density at radius 2 is 1.94 bits per heavy atom. The first-order chi connectivity index (χ1) is 8.19. The summed E-state index contributed by atoms with van der Waals surface area (Å²) in [5.41, 5.74) is 3.42. The minimum atomic E-state index is 0.481. The summed E-state index contributed by atoms with van der Waals surface area (Å²) < 4.78 is 0. The van der Waals surface area contributed by atoms with Gasteiger partial charge in [0.05, 0.1) is 11.6 Å². The van der Waals surface area contributed by atoms with Crippen molar-refractivity contribution in [2.24, 2.45) is 0 Å². The van der Waals surface area contributed by atoms with Crippen LogP contribution in [0.25, 0.3) is 10.6 Å². The van der Waals surface area contributed by atoms with E-state index in [1.54, 1.807) is 11.3 Å². The summed E-state index contributed by atoms with van der Waals surface area (Å²) in [6, 6.07) is 8.54. The zero-order valence-electron chi connectivity index (χ0n) is 9.98. The highest BCUT2D eigenvalue weighted by atomic mass is 35.5. The molecule has 4 heteroatoms. The average molecular weight is 267 g/mol. The van der Waals surface area contributed by atoms with E-state index in [4.69, 9.17) is 11.6 Å². The molecule has 2 aromatic rings. The lowest BCUT2D eigenvalue weighted by Gasteiger charge is -2.09. The summed E-state index contributed by atoms with van der Waals surface area (Å²) in [5, 5.41) is 3.05. The molecular weight excluding hydrogens is 252 g/mol. The molecule has 0 spiro atoms. The van der Waals surface area contributed by atoms with E-state index in [9.17, 15) is 0 Å². The Balaban J connectivity index is 2.17. The van der Waals surface area contributed by atoms with Gasteiger partial charge in [-0.3, -0.25) is 0 Å². The van der Waals surface area contributed by atoms with Gasteiger partial charge in [0.25, 0.3) is 0 Å². The summed E-state index contributed by atoms with van der Waals surface area (Å²) >= 11 is 7.39. The van der Waals surface area contributed by atoms with E-state index < -0.39 is 0 Å². The second-order valence-corrected chi connectivity index (χ2v) is 5.34. The predicted molar refractivity (Wildman–Crippen MR) is 74.5 cm³/mol. The number of alkyl halides is 1. The van der Waals surface area contributed by atoms with Crippen LogP contribution in [0.2, 0.25) is 0 Å². The van der Waals surface area contributed by atoms with Crippen molar-refractivity contribution in [1.29, 1.82) is 0 Å². The molecule has 1 heterocycles. The summed E-state index contributed by atoms with van der Waals surface area (Å²) in [6.07, 6.45) is 0. The lowest BCUT2D eigenvalue weighted by molar-refractivity contribution is 0.402. The summed E-state index contributed by atoms with van der Waals surface area (Å²) in [5.74, 6) is 0.481. The molecular formula is C13H15ClN2S. The number of nitrogens with zero attached hydrogens (tertiary/aromatic N) is 2. The van der Waals surface area contributed by atoms with Gasteiger partial charge in [-0.25, -0.2) is 4.98 Å². The van der Waals surface area contributed by atoms with Crippen molar-refractivity contribution in [3.8, 4) is 10.6 Å². The number of benzene rings is 1. The fraction of sp³-hybridized carbons (Fsp3) is 0.308. The van der Waals surface area contributed by atoms with E-state index in [0.717, 1.165) is 22.8 Å². The molecule has 0 fully saturated rings. The summed E-state index contributed by atoms with van der Waals surface area (Å²) in [4.78, 5) is 6.62. The lowest BCUT2D eigenvalue weighted by Crippen LogP contribution is -2.10. The topological polar surface area (TPSA) is 16.1 Å². The SMILES string of the molecule is CN(C)Cc1ccc(-c2nc(CCl)cs2)cc1. The zero-order valence-corrected chi connectivity index (χ0v) is 11.6. The monoisotopic (exact) mass is 266 g/mol. The molecule has 0 atom stereocenters. The third-order valence-corrected chi connectivity index (χ3v) is 3.60. The molecule has 0 saturated carbocycles. The molecule has 17 heavy (non-hydrogen) atoms. The maximum atomic E-state index is 5.75. The summed E-state index contributed by atoms with van der Waals surface area (Å²) in [7, 11) is 4.14. The van der Waals surface area contributed by atoms with Crippen molar-refractivity contribution >= 4 is 22.9 Å². The summed E-state index contributed by atoms with van der Waals surface area (Å²) in [6.45, 7) is 0.963. The van der Waals surface area contributed by atoms with Crippen molar-refractivity contribution in [2.45, 2.75) is 12.4 Å². The molecule has 0 amide bonds. The molecule has 0 unspecified atom stereocenters. The van der Waals surface area contributed by atoms with Crippen LogP contribution in [0.15, 0.2) is 29.6 Å². The number of thiazole rings is 1. The Bertz CT molecular complexity index is 476. The smallest absolute Gasteiger partial charge is 0.123 e. The molecule has 1 aromatic carbocycles. The van der Waals surface area contributed by atoms with Crippen molar-refractivity contribution < 1.29 is 0 Å². The molecule has 0 aliphatic carbocycles. The van der Waals surface area contributed by atoms with Gasteiger partial charge in [0, 0.05) is 17.5 Å². The van der Waals surface area contributed by atoms with Crippen molar-refractivity contribution in [3.63, 3.8) is 0 Å². The van der Waals surface area contributed by atoms with Crippen molar-refractivity contribution in [1.82, 2.24) is 9.88 Å². The second kappa shape index (κ2) is 5.63. The molecule has 0 N–H and O–H groups in total. The van der Waals surface area contributed by atoms with E-state index in [1.165, 1.54) is 5.56 Å². The van der Waals surface area contributed by atoms with Crippen LogP contribution in [0.4, 0.5) is 0 Å². The highest BCUT2D eigenvalue weighted by Gasteiger charge is 2.04. The lowest BCUT2D eigenvalue weighted by atomic mass is 10.1. The standard InChI is InChI=1S/C13H15ClN2S/c1-16(2)8-10-3-5-11(6-4-10)13-15-12(7-14)9-17-13/h3-6,9H,7-8H2,1-2H3. The van der Waals surface area contributed by atoms with Crippen molar-refractivity contribution in [2.75, 3.05) is 14.1 Å². The first-order valence-corrected chi connectivity index (χ1v) is 6.85. The van der Waals surface area contributed by atoms with Gasteiger partial charge in [-0.1, -0.05) is 24.3 Å². The minimum Gasteiger partial charge on any atom is -0.305 e. The van der Waals surface area contributed by atoms with Crippen LogP contribution in [0.1, 0.15) is 11.3 Å². The Labute approximate surface area is 111 Å². The number of rotatable bonds is 4. The normalized spacial score (nSPS) is 11.1. The maximum absolute atomic E-state index is 5.75. The van der Waals surface area contributed by atoms with Gasteiger partial charge in [0.2, 0.25) is 0 Å². The highest BCUT2D eigenvalue weighted by molar-refractivity contribution is 7.13. The van der Waals surface area contributed by atoms with E-state index in [2.05, 4.69) is 48.2 Å². The molecule has 0 aliphatic heterocycles. The number of hydrogen-bond acceptors (Lipinski definition) is 3. The molecule has 2 nitrogen and oxygen atoms in total. The molecule has 0 saturated heterocycles. The van der Waals surface area contributed by atoms with Crippen LogP contribution in [0.5, 0.6) is 0 Å². The second-order valence-electron chi connectivity index (χ2n) is 4.21. The number of halogens is 1. The van der Waals surface area contributed by atoms with Gasteiger partial charge < -0.3 is 4.90 Å². The van der Waals surface area contributed by atoms with Crippen LogP contribution in [-0.4, -0.2) is 24.0 Å². The van der Waals surface area contributed by atoms with E-state index in [-0.39, 0.29) is 0 Å². The van der Waals surface area contributed by atoms with E-state index in [0.29, 0.717) is 5.88 Å². The number of aromatic nitrogens is 1. The maximum Gasteiger partial charge on any atom is 0.123 e. The molecule has 2 rings (SSSR count). The zero-order chi connectivity index (χ0) is 12.3. The Kier molecular flexibility index (Phi) is 4.15. The Morgan fingerprint density at radius 1 is 1.24 bits per heavy atom. The van der Waals surface area contributed by atoms with E-state index >= 15 is 0 Å². The minimum absolute atomic E-state index is 0.481. The first-order valence-electron chi connectivity index (χ1n) is 5.43. The Morgan fingerprint density at radius 3 is 2.47 bits per heavy atom. The van der Waals surface area contributed by atoms with Gasteiger partial charge in [0.15, 0.2) is 0 Å². The highest BCUT2D eigenvalue weighted by Crippen LogP contribution is 2.24. The molecule has 90 valence electrons. The van der Waals surface area contributed by atoms with Gasteiger partial charge in [-0.05, 0) is 19.7 Å². The van der Waals surface area contributed by atoms with Crippen LogP contribution < -0.4 is 0 Å². The molecule has 0 aliphatic rings. The van der Waals surface area contributed by atoms with Gasteiger partial charge in [-0.15, -0.1) is 22.9 Å².